The Balaban J connectivity index is 2.62. The highest BCUT2D eigenvalue weighted by molar-refractivity contribution is 9.09. The molecule has 1 aromatic rings. The number of ketones is 1. The monoisotopic (exact) mass is 269 g/mol. The number of rotatable bonds is 6. The Kier molecular flexibility index (Phi) is 5.04. The zero-order chi connectivity index (χ0) is 11.1. The van der Waals surface area contributed by atoms with Crippen molar-refractivity contribution >= 4 is 33.8 Å². The minimum atomic E-state index is 0.132. The Morgan fingerprint density at radius 2 is 2.00 bits per heavy atom. The molecule has 1 N–H and O–H groups in total. The third kappa shape index (κ3) is 3.83. The van der Waals surface area contributed by atoms with E-state index in [1.54, 1.807) is 24.3 Å². The van der Waals surface area contributed by atoms with E-state index in [2.05, 4.69) is 21.2 Å². The van der Waals surface area contributed by atoms with Gasteiger partial charge in [0.25, 0.3) is 0 Å². The maximum Gasteiger partial charge on any atom is 0.211 e. The van der Waals surface area contributed by atoms with Crippen LogP contribution in [-0.2, 0) is 4.79 Å². The number of anilines is 1. The van der Waals surface area contributed by atoms with Gasteiger partial charge in [0.2, 0.25) is 6.41 Å². The maximum absolute atomic E-state index is 11.6. The second-order valence-corrected chi connectivity index (χ2v) is 3.85. The second-order valence-electron chi connectivity index (χ2n) is 3.06. The molecular formula is C11H12BrNO2. The molecule has 0 aliphatic rings. The molecule has 0 unspecified atom stereocenters. The minimum absolute atomic E-state index is 0.132. The van der Waals surface area contributed by atoms with Crippen molar-refractivity contribution in [2.75, 3.05) is 10.6 Å². The molecule has 15 heavy (non-hydrogen) atoms. The van der Waals surface area contributed by atoms with Crippen LogP contribution >= 0.6 is 15.9 Å². The normalized spacial score (nSPS) is 9.67. The van der Waals surface area contributed by atoms with Gasteiger partial charge in [-0.3, -0.25) is 9.59 Å². The number of benzene rings is 1. The highest BCUT2D eigenvalue weighted by Gasteiger charge is 2.04. The number of alkyl halides is 1. The standard InChI is InChI=1S/C11H12BrNO2/c12-7-1-2-11(15)9-3-5-10(6-4-9)13-8-14/h3-6,8H,1-2,7H2,(H,13,14). The van der Waals surface area contributed by atoms with Crippen LogP contribution in [0.1, 0.15) is 23.2 Å². The van der Waals surface area contributed by atoms with Gasteiger partial charge in [-0.25, -0.2) is 0 Å². The van der Waals surface area contributed by atoms with E-state index in [4.69, 9.17) is 0 Å². The third-order valence-corrected chi connectivity index (χ3v) is 2.53. The molecule has 0 aliphatic heterocycles. The van der Waals surface area contributed by atoms with Gasteiger partial charge < -0.3 is 5.32 Å². The number of Topliss-reactive ketones (excluding diaryl/α,β-unsaturated/α-hetero) is 1. The van der Waals surface area contributed by atoms with Crippen LogP contribution in [0.3, 0.4) is 0 Å². The fourth-order valence-corrected chi connectivity index (χ4v) is 1.47. The molecule has 0 fully saturated rings. The number of amides is 1. The van der Waals surface area contributed by atoms with Gasteiger partial charge in [0.05, 0.1) is 0 Å². The van der Waals surface area contributed by atoms with E-state index in [0.29, 0.717) is 24.1 Å². The first-order valence-corrected chi connectivity index (χ1v) is 5.79. The van der Waals surface area contributed by atoms with Crippen molar-refractivity contribution in [3.05, 3.63) is 29.8 Å². The van der Waals surface area contributed by atoms with Crippen LogP contribution in [0.15, 0.2) is 24.3 Å². The summed E-state index contributed by atoms with van der Waals surface area (Å²) in [4.78, 5) is 21.7. The van der Waals surface area contributed by atoms with Crippen LogP contribution < -0.4 is 5.32 Å². The smallest absolute Gasteiger partial charge is 0.211 e. The van der Waals surface area contributed by atoms with Crippen LogP contribution in [0.5, 0.6) is 0 Å². The lowest BCUT2D eigenvalue weighted by atomic mass is 10.1. The van der Waals surface area contributed by atoms with E-state index in [0.717, 1.165) is 11.8 Å². The van der Waals surface area contributed by atoms with Crippen molar-refractivity contribution in [3.63, 3.8) is 0 Å². The van der Waals surface area contributed by atoms with Gasteiger partial charge in [0, 0.05) is 23.0 Å². The molecule has 0 atom stereocenters. The van der Waals surface area contributed by atoms with Crippen LogP contribution in [0.2, 0.25) is 0 Å². The molecule has 0 radical (unpaired) electrons. The van der Waals surface area contributed by atoms with Crippen molar-refractivity contribution < 1.29 is 9.59 Å². The molecule has 0 heterocycles. The van der Waals surface area contributed by atoms with Gasteiger partial charge in [-0.2, -0.15) is 0 Å². The maximum atomic E-state index is 11.6. The van der Waals surface area contributed by atoms with Gasteiger partial charge in [0.1, 0.15) is 0 Å². The summed E-state index contributed by atoms with van der Waals surface area (Å²) < 4.78 is 0. The van der Waals surface area contributed by atoms with Crippen molar-refractivity contribution in [2.24, 2.45) is 0 Å². The molecule has 3 nitrogen and oxygen atoms in total. The highest BCUT2D eigenvalue weighted by atomic mass is 79.9. The molecule has 0 bridgehead atoms. The van der Waals surface area contributed by atoms with Crippen molar-refractivity contribution in [1.82, 2.24) is 0 Å². The molecule has 0 saturated heterocycles. The van der Waals surface area contributed by atoms with Crippen molar-refractivity contribution in [1.29, 1.82) is 0 Å². The molecule has 0 aliphatic carbocycles. The molecule has 1 amide bonds. The summed E-state index contributed by atoms with van der Waals surface area (Å²) in [5.41, 5.74) is 1.38. The van der Waals surface area contributed by atoms with Gasteiger partial charge in [-0.1, -0.05) is 15.9 Å². The van der Waals surface area contributed by atoms with E-state index >= 15 is 0 Å². The average Bonchev–Trinajstić information content (AvgIpc) is 2.27. The number of hydrogen-bond donors (Lipinski definition) is 1. The molecule has 0 aromatic heterocycles. The largest absolute Gasteiger partial charge is 0.329 e. The summed E-state index contributed by atoms with van der Waals surface area (Å²) in [6.07, 6.45) is 2.00. The molecule has 0 saturated carbocycles. The van der Waals surface area contributed by atoms with Crippen molar-refractivity contribution in [2.45, 2.75) is 12.8 Å². The van der Waals surface area contributed by atoms with Gasteiger partial charge >= 0.3 is 0 Å². The topological polar surface area (TPSA) is 46.2 Å². The van der Waals surface area contributed by atoms with E-state index in [-0.39, 0.29) is 5.78 Å². The Hall–Kier alpha value is -1.16. The van der Waals surface area contributed by atoms with Gasteiger partial charge in [-0.05, 0) is 30.7 Å². The van der Waals surface area contributed by atoms with E-state index in [1.165, 1.54) is 0 Å². The zero-order valence-corrected chi connectivity index (χ0v) is 9.79. The summed E-state index contributed by atoms with van der Waals surface area (Å²) in [7, 11) is 0. The quantitative estimate of drug-likeness (QED) is 0.490. The van der Waals surface area contributed by atoms with Crippen LogP contribution in [0, 0.1) is 0 Å². The number of nitrogens with one attached hydrogen (secondary N) is 1. The predicted octanol–water partition coefficient (Wildman–Crippen LogP) is 2.61. The number of hydrogen-bond acceptors (Lipinski definition) is 2. The van der Waals surface area contributed by atoms with Gasteiger partial charge in [-0.15, -0.1) is 0 Å². The first-order chi connectivity index (χ1) is 7.27. The Labute approximate surface area is 97.0 Å². The SMILES string of the molecule is O=CNc1ccc(C(=O)CCCBr)cc1. The molecule has 80 valence electrons. The fraction of sp³-hybridized carbons (Fsp3) is 0.273. The lowest BCUT2D eigenvalue weighted by molar-refractivity contribution is -0.105. The molecular weight excluding hydrogens is 258 g/mol. The summed E-state index contributed by atoms with van der Waals surface area (Å²) in [5.74, 6) is 0.132. The summed E-state index contributed by atoms with van der Waals surface area (Å²) in [6, 6.07) is 6.89. The lowest BCUT2D eigenvalue weighted by Crippen LogP contribution is -2.00. The third-order valence-electron chi connectivity index (χ3n) is 1.97. The summed E-state index contributed by atoms with van der Waals surface area (Å²) >= 11 is 3.28. The number of carbonyl (C=O) groups excluding carboxylic acids is 2. The predicted molar refractivity (Wildman–Crippen MR) is 63.5 cm³/mol. The van der Waals surface area contributed by atoms with Gasteiger partial charge in [0.15, 0.2) is 5.78 Å². The van der Waals surface area contributed by atoms with E-state index < -0.39 is 0 Å². The van der Waals surface area contributed by atoms with Crippen LogP contribution in [0.4, 0.5) is 5.69 Å². The minimum Gasteiger partial charge on any atom is -0.329 e. The second kappa shape index (κ2) is 6.35. The number of carbonyl (C=O) groups is 2. The molecule has 0 spiro atoms. The number of halogens is 1. The molecule has 4 heteroatoms. The highest BCUT2D eigenvalue weighted by Crippen LogP contribution is 2.11. The van der Waals surface area contributed by atoms with Crippen molar-refractivity contribution in [3.8, 4) is 0 Å². The molecule has 1 aromatic carbocycles. The van der Waals surface area contributed by atoms with Crippen LogP contribution in [0.25, 0.3) is 0 Å². The van der Waals surface area contributed by atoms with E-state index in [9.17, 15) is 9.59 Å². The van der Waals surface area contributed by atoms with Crippen LogP contribution in [-0.4, -0.2) is 17.5 Å². The first kappa shape index (κ1) is 11.9. The Morgan fingerprint density at radius 1 is 1.33 bits per heavy atom. The lowest BCUT2D eigenvalue weighted by Gasteiger charge is -2.01. The Bertz CT molecular complexity index is 335. The summed E-state index contributed by atoms with van der Waals surface area (Å²) in [5, 5.41) is 3.35. The molecule has 1 rings (SSSR count). The fourth-order valence-electron chi connectivity index (χ4n) is 1.19. The van der Waals surface area contributed by atoms with E-state index in [1.807, 2.05) is 0 Å². The Morgan fingerprint density at radius 3 is 2.53 bits per heavy atom. The summed E-state index contributed by atoms with van der Waals surface area (Å²) in [6.45, 7) is 0. The average molecular weight is 270 g/mol. The first-order valence-electron chi connectivity index (χ1n) is 4.67. The zero-order valence-electron chi connectivity index (χ0n) is 8.20.